The van der Waals surface area contributed by atoms with Gasteiger partial charge < -0.3 is 10.5 Å². The molecule has 0 saturated carbocycles. The van der Waals surface area contributed by atoms with Crippen LogP contribution in [0.4, 0.5) is 0 Å². The number of ether oxygens (including phenoxy) is 1. The smallest absolute Gasteiger partial charge is 0.104 e. The van der Waals surface area contributed by atoms with Crippen molar-refractivity contribution in [2.24, 2.45) is 5.73 Å². The Morgan fingerprint density at radius 2 is 2.41 bits per heavy atom. The van der Waals surface area contributed by atoms with Crippen molar-refractivity contribution in [1.82, 2.24) is 4.98 Å². The zero-order valence-electron chi connectivity index (χ0n) is 9.44. The van der Waals surface area contributed by atoms with Crippen molar-refractivity contribution in [3.05, 3.63) is 28.2 Å². The van der Waals surface area contributed by atoms with Gasteiger partial charge in [0.2, 0.25) is 0 Å². The van der Waals surface area contributed by atoms with Gasteiger partial charge in [-0.1, -0.05) is 11.6 Å². The molecule has 3 nitrogen and oxygen atoms in total. The maximum Gasteiger partial charge on any atom is 0.104 e. The van der Waals surface area contributed by atoms with Gasteiger partial charge in [0.05, 0.1) is 28.8 Å². The van der Waals surface area contributed by atoms with Crippen molar-refractivity contribution in [1.29, 1.82) is 0 Å². The zero-order valence-corrected chi connectivity index (χ0v) is 11.0. The minimum atomic E-state index is -0.170. The Morgan fingerprint density at radius 3 is 3.12 bits per heavy atom. The lowest BCUT2D eigenvalue weighted by Crippen LogP contribution is -2.41. The van der Waals surface area contributed by atoms with Gasteiger partial charge in [0, 0.05) is 11.1 Å². The minimum Gasteiger partial charge on any atom is -0.379 e. The summed E-state index contributed by atoms with van der Waals surface area (Å²) in [6.07, 6.45) is 0. The Hall–Kier alpha value is -0.680. The molecule has 2 N–H and O–H groups in total. The maximum atomic E-state index is 6.11. The highest BCUT2D eigenvalue weighted by atomic mass is 35.5. The zero-order chi connectivity index (χ0) is 12.0. The number of hydrogen-bond donors (Lipinski definition) is 1. The first-order valence-electron chi connectivity index (χ1n) is 5.49. The van der Waals surface area contributed by atoms with Crippen LogP contribution in [-0.2, 0) is 10.2 Å². The van der Waals surface area contributed by atoms with Gasteiger partial charge in [-0.15, -0.1) is 11.3 Å². The summed E-state index contributed by atoms with van der Waals surface area (Å²) < 4.78 is 6.61. The lowest BCUT2D eigenvalue weighted by molar-refractivity contribution is 0.180. The van der Waals surface area contributed by atoms with Crippen molar-refractivity contribution in [2.45, 2.75) is 18.4 Å². The van der Waals surface area contributed by atoms with Gasteiger partial charge in [-0.2, -0.15) is 0 Å². The number of halogens is 1. The van der Waals surface area contributed by atoms with Gasteiger partial charge in [-0.05, 0) is 25.1 Å². The first kappa shape index (κ1) is 11.4. The lowest BCUT2D eigenvalue weighted by atomic mass is 9.87. The van der Waals surface area contributed by atoms with E-state index in [-0.39, 0.29) is 11.5 Å². The molecule has 1 aromatic heterocycles. The summed E-state index contributed by atoms with van der Waals surface area (Å²) in [5, 5.41) is 1.76. The molecule has 1 aliphatic heterocycles. The van der Waals surface area contributed by atoms with Crippen LogP contribution >= 0.6 is 22.9 Å². The normalized spacial score (nSPS) is 29.0. The molecule has 2 heterocycles. The van der Waals surface area contributed by atoms with Crippen LogP contribution < -0.4 is 5.73 Å². The quantitative estimate of drug-likeness (QED) is 0.865. The molecule has 2 atom stereocenters. The van der Waals surface area contributed by atoms with Crippen LogP contribution in [0.5, 0.6) is 0 Å². The van der Waals surface area contributed by atoms with Crippen LogP contribution in [0, 0.1) is 0 Å². The lowest BCUT2D eigenvalue weighted by Gasteiger charge is -2.23. The molecule has 2 aromatic rings. The summed E-state index contributed by atoms with van der Waals surface area (Å²) in [6, 6.07) is 5.79. The fourth-order valence-corrected chi connectivity index (χ4v) is 3.36. The molecule has 90 valence electrons. The molecule has 1 aromatic carbocycles. The van der Waals surface area contributed by atoms with Crippen LogP contribution in [0.1, 0.15) is 11.9 Å². The molecular formula is C12H13ClN2OS. The van der Waals surface area contributed by atoms with E-state index in [1.54, 1.807) is 11.3 Å². The fraction of sp³-hybridized carbons (Fsp3) is 0.417. The molecule has 0 aliphatic carbocycles. The number of benzene rings is 1. The molecule has 1 aliphatic rings. The van der Waals surface area contributed by atoms with E-state index in [0.717, 1.165) is 15.2 Å². The number of rotatable bonds is 1. The summed E-state index contributed by atoms with van der Waals surface area (Å²) in [5.41, 5.74) is 6.88. The Labute approximate surface area is 109 Å². The summed E-state index contributed by atoms with van der Waals surface area (Å²) in [4.78, 5) is 4.65. The molecule has 0 amide bonds. The van der Waals surface area contributed by atoms with E-state index in [1.807, 2.05) is 18.2 Å². The Balaban J connectivity index is 2.12. The first-order valence-corrected chi connectivity index (χ1v) is 6.69. The Kier molecular flexibility index (Phi) is 2.63. The van der Waals surface area contributed by atoms with Crippen LogP contribution in [0.25, 0.3) is 10.2 Å². The second-order valence-corrected chi connectivity index (χ2v) is 6.14. The standard InChI is InChI=1S/C12H13ClN2OS/c1-12(6-16-5-10(12)14)11-15-8-4-7(13)2-3-9(8)17-11/h2-4,10H,5-6,14H2,1H3. The summed E-state index contributed by atoms with van der Waals surface area (Å²) in [7, 11) is 0. The topological polar surface area (TPSA) is 48.1 Å². The number of fused-ring (bicyclic) bond motifs is 1. The van der Waals surface area contributed by atoms with Gasteiger partial charge in [-0.25, -0.2) is 4.98 Å². The van der Waals surface area contributed by atoms with Crippen LogP contribution in [-0.4, -0.2) is 24.2 Å². The average molecular weight is 269 g/mol. The highest BCUT2D eigenvalue weighted by molar-refractivity contribution is 7.18. The molecule has 17 heavy (non-hydrogen) atoms. The molecule has 3 rings (SSSR count). The molecule has 1 saturated heterocycles. The summed E-state index contributed by atoms with van der Waals surface area (Å²) in [5.74, 6) is 0. The third-order valence-corrected chi connectivity index (χ3v) is 4.91. The van der Waals surface area contributed by atoms with E-state index in [1.165, 1.54) is 0 Å². The first-order chi connectivity index (χ1) is 8.09. The number of hydrogen-bond acceptors (Lipinski definition) is 4. The van der Waals surface area contributed by atoms with E-state index in [9.17, 15) is 0 Å². The minimum absolute atomic E-state index is 0.0125. The second kappa shape index (κ2) is 3.92. The summed E-state index contributed by atoms with van der Waals surface area (Å²) in [6.45, 7) is 3.36. The predicted octanol–water partition coefficient (Wildman–Crippen LogP) is 2.56. The summed E-state index contributed by atoms with van der Waals surface area (Å²) >= 11 is 7.64. The van der Waals surface area contributed by atoms with E-state index >= 15 is 0 Å². The van der Waals surface area contributed by atoms with E-state index in [4.69, 9.17) is 22.1 Å². The maximum absolute atomic E-state index is 6.11. The largest absolute Gasteiger partial charge is 0.379 e. The molecule has 2 unspecified atom stereocenters. The number of aromatic nitrogens is 1. The molecule has 1 fully saturated rings. The van der Waals surface area contributed by atoms with E-state index < -0.39 is 0 Å². The number of nitrogens with zero attached hydrogens (tertiary/aromatic N) is 1. The average Bonchev–Trinajstić information content (AvgIpc) is 2.84. The monoisotopic (exact) mass is 268 g/mol. The van der Waals surface area contributed by atoms with Gasteiger partial charge in [0.1, 0.15) is 5.01 Å². The van der Waals surface area contributed by atoms with Gasteiger partial charge in [0.15, 0.2) is 0 Å². The highest BCUT2D eigenvalue weighted by Gasteiger charge is 2.41. The predicted molar refractivity (Wildman–Crippen MR) is 70.8 cm³/mol. The van der Waals surface area contributed by atoms with Crippen LogP contribution in [0.3, 0.4) is 0 Å². The van der Waals surface area contributed by atoms with Crippen molar-refractivity contribution < 1.29 is 4.74 Å². The number of thiazole rings is 1. The van der Waals surface area contributed by atoms with Gasteiger partial charge in [-0.3, -0.25) is 0 Å². The van der Waals surface area contributed by atoms with E-state index in [0.29, 0.717) is 18.2 Å². The molecule has 0 radical (unpaired) electrons. The number of nitrogens with two attached hydrogens (primary N) is 1. The van der Waals surface area contributed by atoms with Crippen molar-refractivity contribution in [2.75, 3.05) is 13.2 Å². The van der Waals surface area contributed by atoms with Crippen molar-refractivity contribution >= 4 is 33.2 Å². The third kappa shape index (κ3) is 1.76. The Bertz CT molecular complexity index is 571. The SMILES string of the molecule is CC1(c2nc3cc(Cl)ccc3s2)COCC1N. The second-order valence-electron chi connectivity index (χ2n) is 4.67. The third-order valence-electron chi connectivity index (χ3n) is 3.36. The fourth-order valence-electron chi connectivity index (χ4n) is 2.05. The van der Waals surface area contributed by atoms with Gasteiger partial charge >= 0.3 is 0 Å². The van der Waals surface area contributed by atoms with Crippen molar-refractivity contribution in [3.63, 3.8) is 0 Å². The van der Waals surface area contributed by atoms with E-state index in [2.05, 4.69) is 11.9 Å². The molecular weight excluding hydrogens is 256 g/mol. The van der Waals surface area contributed by atoms with Crippen molar-refractivity contribution in [3.8, 4) is 0 Å². The molecule has 0 spiro atoms. The van der Waals surface area contributed by atoms with Crippen LogP contribution in [0.2, 0.25) is 5.02 Å². The molecule has 5 heteroatoms. The Morgan fingerprint density at radius 1 is 1.59 bits per heavy atom. The molecule has 0 bridgehead atoms. The highest BCUT2D eigenvalue weighted by Crippen LogP contribution is 2.37. The van der Waals surface area contributed by atoms with Crippen LogP contribution in [0.15, 0.2) is 18.2 Å². The van der Waals surface area contributed by atoms with Gasteiger partial charge in [0.25, 0.3) is 0 Å².